The van der Waals surface area contributed by atoms with Gasteiger partial charge in [0.15, 0.2) is 0 Å². The van der Waals surface area contributed by atoms with Crippen molar-refractivity contribution in [2.24, 2.45) is 22.0 Å². The minimum absolute atomic E-state index is 0.00392. The molecule has 1 aliphatic heterocycles. The standard InChI is InChI=1S/C23H32FN3O/c1-9-22(25-8)26-13-12-21(23-19(6)27-28-20(23)7)14-16(3)18(5)15(2)10-11-17(4)24/h10-14,16,20,23H,2,4-5,9H2,1,3,6-8H3,(H,25,26)/b11-10-,13-12+,21-14+. The molecule has 1 rings (SSSR count). The van der Waals surface area contributed by atoms with Crippen molar-refractivity contribution in [1.82, 2.24) is 5.32 Å². The van der Waals surface area contributed by atoms with E-state index in [0.29, 0.717) is 5.57 Å². The van der Waals surface area contributed by atoms with Crippen LogP contribution in [0.25, 0.3) is 0 Å². The molecule has 1 N–H and O–H groups in total. The van der Waals surface area contributed by atoms with Crippen molar-refractivity contribution in [3.8, 4) is 0 Å². The summed E-state index contributed by atoms with van der Waals surface area (Å²) in [5, 5.41) is 7.33. The number of halogens is 1. The van der Waals surface area contributed by atoms with E-state index < -0.39 is 5.83 Å². The highest BCUT2D eigenvalue weighted by molar-refractivity contribution is 5.88. The maximum atomic E-state index is 12.9. The summed E-state index contributed by atoms with van der Waals surface area (Å²) in [5.74, 6) is 0.432. The molecule has 0 saturated heterocycles. The second kappa shape index (κ2) is 11.2. The van der Waals surface area contributed by atoms with Crippen molar-refractivity contribution in [3.05, 3.63) is 72.8 Å². The molecule has 0 aliphatic carbocycles. The van der Waals surface area contributed by atoms with E-state index in [1.54, 1.807) is 13.1 Å². The van der Waals surface area contributed by atoms with Crippen LogP contribution in [0.4, 0.5) is 4.39 Å². The second-order valence-corrected chi connectivity index (χ2v) is 6.81. The Balaban J connectivity index is 3.10. The SMILES string of the molecule is C=C(F)/C=C\C(=C)C(=C)C(C)/C=C(\C=C\NC(CC)=NC)C1C(C)=NOC1C. The Bertz CT molecular complexity index is 756. The Labute approximate surface area is 168 Å². The Hall–Kier alpha value is -2.69. The largest absolute Gasteiger partial charge is 0.392 e. The lowest BCUT2D eigenvalue weighted by Crippen LogP contribution is -2.22. The van der Waals surface area contributed by atoms with Crippen molar-refractivity contribution in [3.63, 3.8) is 0 Å². The van der Waals surface area contributed by atoms with Gasteiger partial charge in [0, 0.05) is 19.7 Å². The Kier molecular flexibility index (Phi) is 9.36. The molecular formula is C23H32FN3O. The molecule has 5 heteroatoms. The smallest absolute Gasteiger partial charge is 0.136 e. The third-order valence-corrected chi connectivity index (χ3v) is 4.64. The number of hydrogen-bond acceptors (Lipinski definition) is 3. The fourth-order valence-corrected chi connectivity index (χ4v) is 2.94. The lowest BCUT2D eigenvalue weighted by molar-refractivity contribution is 0.0837. The molecule has 1 aliphatic rings. The van der Waals surface area contributed by atoms with Crippen molar-refractivity contribution in [1.29, 1.82) is 0 Å². The van der Waals surface area contributed by atoms with Gasteiger partial charge in [0.1, 0.15) is 11.9 Å². The van der Waals surface area contributed by atoms with E-state index >= 15 is 0 Å². The summed E-state index contributed by atoms with van der Waals surface area (Å²) in [6, 6.07) is 0. The van der Waals surface area contributed by atoms with E-state index in [2.05, 4.69) is 41.3 Å². The first kappa shape index (κ1) is 23.3. The van der Waals surface area contributed by atoms with Gasteiger partial charge in [-0.05, 0) is 48.6 Å². The number of amidine groups is 1. The molecule has 1 heterocycles. The van der Waals surface area contributed by atoms with Crippen LogP contribution in [0.2, 0.25) is 0 Å². The number of rotatable bonds is 9. The lowest BCUT2D eigenvalue weighted by Gasteiger charge is -2.19. The zero-order chi connectivity index (χ0) is 21.3. The zero-order valence-corrected chi connectivity index (χ0v) is 17.6. The normalized spacial score (nSPS) is 21.6. The zero-order valence-electron chi connectivity index (χ0n) is 17.6. The highest BCUT2D eigenvalue weighted by Gasteiger charge is 2.30. The number of nitrogens with one attached hydrogen (secondary N) is 1. The summed E-state index contributed by atoms with van der Waals surface area (Å²) in [5.41, 5.74) is 3.46. The second-order valence-electron chi connectivity index (χ2n) is 6.81. The van der Waals surface area contributed by atoms with Crippen LogP contribution >= 0.6 is 0 Å². The van der Waals surface area contributed by atoms with Gasteiger partial charge in [-0.3, -0.25) is 4.99 Å². The maximum Gasteiger partial charge on any atom is 0.136 e. The lowest BCUT2D eigenvalue weighted by atomic mass is 9.86. The molecule has 28 heavy (non-hydrogen) atoms. The van der Waals surface area contributed by atoms with Crippen molar-refractivity contribution >= 4 is 11.5 Å². The molecule has 0 amide bonds. The van der Waals surface area contributed by atoms with Gasteiger partial charge in [-0.25, -0.2) is 4.39 Å². The van der Waals surface area contributed by atoms with E-state index in [1.807, 2.05) is 40.0 Å². The number of hydrogen-bond donors (Lipinski definition) is 1. The van der Waals surface area contributed by atoms with Gasteiger partial charge in [0.05, 0.1) is 17.5 Å². The molecular weight excluding hydrogens is 353 g/mol. The number of nitrogens with zero attached hydrogens (tertiary/aromatic N) is 2. The monoisotopic (exact) mass is 385 g/mol. The van der Waals surface area contributed by atoms with E-state index in [4.69, 9.17) is 4.84 Å². The van der Waals surface area contributed by atoms with Crippen LogP contribution in [-0.2, 0) is 4.84 Å². The number of aliphatic imine (C=N–C) groups is 1. The van der Waals surface area contributed by atoms with Gasteiger partial charge >= 0.3 is 0 Å². The van der Waals surface area contributed by atoms with Crippen LogP contribution < -0.4 is 5.32 Å². The van der Waals surface area contributed by atoms with Crippen molar-refractivity contribution in [2.75, 3.05) is 7.05 Å². The average molecular weight is 386 g/mol. The molecule has 0 spiro atoms. The summed E-state index contributed by atoms with van der Waals surface area (Å²) >= 11 is 0. The Morgan fingerprint density at radius 2 is 2.00 bits per heavy atom. The molecule has 0 fully saturated rings. The third kappa shape index (κ3) is 6.80. The summed E-state index contributed by atoms with van der Waals surface area (Å²) in [6.45, 7) is 19.3. The first-order chi connectivity index (χ1) is 13.2. The van der Waals surface area contributed by atoms with Crippen molar-refractivity contribution < 1.29 is 9.23 Å². The molecule has 0 aromatic heterocycles. The molecule has 0 aromatic carbocycles. The summed E-state index contributed by atoms with van der Waals surface area (Å²) in [7, 11) is 1.76. The van der Waals surface area contributed by atoms with Crippen molar-refractivity contribution in [2.45, 2.75) is 40.2 Å². The minimum Gasteiger partial charge on any atom is -0.392 e. The van der Waals surface area contributed by atoms with E-state index in [-0.39, 0.29) is 17.9 Å². The topological polar surface area (TPSA) is 46.0 Å². The summed E-state index contributed by atoms with van der Waals surface area (Å²) in [4.78, 5) is 9.64. The fourth-order valence-electron chi connectivity index (χ4n) is 2.94. The van der Waals surface area contributed by atoms with Crippen LogP contribution in [-0.4, -0.2) is 24.7 Å². The molecule has 0 bridgehead atoms. The summed E-state index contributed by atoms with van der Waals surface area (Å²) in [6.07, 6.45) is 9.66. The van der Waals surface area contributed by atoms with E-state index in [1.165, 1.54) is 6.08 Å². The highest BCUT2D eigenvalue weighted by Crippen LogP contribution is 2.30. The predicted molar refractivity (Wildman–Crippen MR) is 118 cm³/mol. The molecule has 4 nitrogen and oxygen atoms in total. The van der Waals surface area contributed by atoms with Gasteiger partial charge in [-0.15, -0.1) is 0 Å². The third-order valence-electron chi connectivity index (χ3n) is 4.64. The molecule has 0 aromatic rings. The maximum absolute atomic E-state index is 12.9. The Morgan fingerprint density at radius 1 is 1.32 bits per heavy atom. The molecule has 152 valence electrons. The van der Waals surface area contributed by atoms with Gasteiger partial charge in [-0.1, -0.05) is 50.9 Å². The fraction of sp³-hybridized carbons (Fsp3) is 0.391. The van der Waals surface area contributed by atoms with Gasteiger partial charge in [0.2, 0.25) is 0 Å². The van der Waals surface area contributed by atoms with Gasteiger partial charge < -0.3 is 10.2 Å². The predicted octanol–water partition coefficient (Wildman–Crippen LogP) is 5.65. The minimum atomic E-state index is -0.514. The molecule has 0 radical (unpaired) electrons. The van der Waals surface area contributed by atoms with Gasteiger partial charge in [-0.2, -0.15) is 0 Å². The Morgan fingerprint density at radius 3 is 2.50 bits per heavy atom. The molecule has 0 saturated carbocycles. The van der Waals surface area contributed by atoms with Crippen LogP contribution in [0.15, 0.2) is 82.9 Å². The van der Waals surface area contributed by atoms with Crippen LogP contribution in [0.3, 0.4) is 0 Å². The highest BCUT2D eigenvalue weighted by atomic mass is 19.1. The number of allylic oxidation sites excluding steroid dienone is 7. The average Bonchev–Trinajstić information content (AvgIpc) is 2.99. The van der Waals surface area contributed by atoms with Crippen LogP contribution in [0, 0.1) is 11.8 Å². The first-order valence-electron chi connectivity index (χ1n) is 9.42. The quantitative estimate of drug-likeness (QED) is 0.316. The summed E-state index contributed by atoms with van der Waals surface area (Å²) < 4.78 is 12.9. The number of oxime groups is 1. The van der Waals surface area contributed by atoms with Gasteiger partial charge in [0.25, 0.3) is 0 Å². The molecule has 3 atom stereocenters. The first-order valence-corrected chi connectivity index (χ1v) is 9.42. The van der Waals surface area contributed by atoms with Crippen LogP contribution in [0.5, 0.6) is 0 Å². The van der Waals surface area contributed by atoms with E-state index in [9.17, 15) is 4.39 Å². The van der Waals surface area contributed by atoms with Crippen LogP contribution in [0.1, 0.15) is 34.1 Å². The molecule has 3 unspecified atom stereocenters. The van der Waals surface area contributed by atoms with E-state index in [0.717, 1.165) is 29.1 Å².